The summed E-state index contributed by atoms with van der Waals surface area (Å²) in [6, 6.07) is 12.8. The van der Waals surface area contributed by atoms with Crippen LogP contribution in [-0.4, -0.2) is 44.2 Å². The Morgan fingerprint density at radius 2 is 1.48 bits per heavy atom. The van der Waals surface area contributed by atoms with E-state index >= 15 is 0 Å². The lowest BCUT2D eigenvalue weighted by molar-refractivity contribution is 0.0474. The Balaban J connectivity index is 1.60. The average Bonchev–Trinajstić information content (AvgIpc) is 3.27. The van der Waals surface area contributed by atoms with Gasteiger partial charge in [-0.2, -0.15) is 4.31 Å². The Kier molecular flexibility index (Phi) is 6.49. The molecule has 0 N–H and O–H groups in total. The monoisotopic (exact) mass is 415 g/mol. The fraction of sp³-hybridized carbons (Fsp3) is 0.364. The largest absolute Gasteiger partial charge is 0.454 e. The van der Waals surface area contributed by atoms with Crippen molar-refractivity contribution >= 4 is 21.8 Å². The van der Waals surface area contributed by atoms with Gasteiger partial charge in [-0.25, -0.2) is 13.2 Å². The number of rotatable bonds is 7. The van der Waals surface area contributed by atoms with Gasteiger partial charge in [-0.15, -0.1) is 0 Å². The lowest BCUT2D eigenvalue weighted by Gasteiger charge is -2.15. The number of carbonyl (C=O) groups is 2. The first-order chi connectivity index (χ1) is 13.8. The summed E-state index contributed by atoms with van der Waals surface area (Å²) in [5.74, 6) is -0.594. The highest BCUT2D eigenvalue weighted by molar-refractivity contribution is 7.89. The molecule has 1 saturated heterocycles. The summed E-state index contributed by atoms with van der Waals surface area (Å²) in [5, 5.41) is 0. The zero-order chi connectivity index (χ0) is 21.0. The van der Waals surface area contributed by atoms with Crippen LogP contribution >= 0.6 is 0 Å². The van der Waals surface area contributed by atoms with Crippen LogP contribution in [0.1, 0.15) is 58.9 Å². The molecule has 0 radical (unpaired) electrons. The van der Waals surface area contributed by atoms with Crippen LogP contribution in [0.3, 0.4) is 0 Å². The molecule has 6 nitrogen and oxygen atoms in total. The molecule has 0 saturated carbocycles. The SMILES string of the molecule is CC(C)c1ccc(C(=O)OCC(=O)c2ccc(S(=O)(=O)N3CCCC3)cc2)cc1. The molecular formula is C22H25NO5S. The maximum Gasteiger partial charge on any atom is 0.338 e. The molecule has 0 aromatic heterocycles. The van der Waals surface area contributed by atoms with Crippen molar-refractivity contribution in [2.45, 2.75) is 37.5 Å². The quantitative estimate of drug-likeness (QED) is 0.509. The number of nitrogens with zero attached hydrogens (tertiary/aromatic N) is 1. The van der Waals surface area contributed by atoms with Gasteiger partial charge in [0.25, 0.3) is 0 Å². The van der Waals surface area contributed by atoms with E-state index in [1.807, 2.05) is 12.1 Å². The minimum absolute atomic E-state index is 0.165. The van der Waals surface area contributed by atoms with E-state index in [4.69, 9.17) is 4.74 Å². The first kappa shape index (κ1) is 21.2. The Morgan fingerprint density at radius 1 is 0.931 bits per heavy atom. The number of sulfonamides is 1. The summed E-state index contributed by atoms with van der Waals surface area (Å²) < 4.78 is 31.6. The number of hydrogen-bond acceptors (Lipinski definition) is 5. The Hall–Kier alpha value is -2.51. The highest BCUT2D eigenvalue weighted by Crippen LogP contribution is 2.21. The van der Waals surface area contributed by atoms with Gasteiger partial charge in [-0.3, -0.25) is 4.79 Å². The summed E-state index contributed by atoms with van der Waals surface area (Å²) in [7, 11) is -3.52. The molecular weight excluding hydrogens is 390 g/mol. The molecule has 7 heteroatoms. The van der Waals surface area contributed by atoms with Gasteiger partial charge in [0.2, 0.25) is 10.0 Å². The smallest absolute Gasteiger partial charge is 0.338 e. The van der Waals surface area contributed by atoms with Crippen molar-refractivity contribution in [3.05, 3.63) is 65.2 Å². The molecule has 0 spiro atoms. The van der Waals surface area contributed by atoms with Crippen LogP contribution in [0, 0.1) is 0 Å². The number of benzene rings is 2. The van der Waals surface area contributed by atoms with E-state index in [1.165, 1.54) is 28.6 Å². The Morgan fingerprint density at radius 3 is 2.03 bits per heavy atom. The molecule has 2 aromatic carbocycles. The van der Waals surface area contributed by atoms with Crippen LogP contribution in [-0.2, 0) is 14.8 Å². The summed E-state index contributed by atoms with van der Waals surface area (Å²) in [5.41, 5.74) is 1.80. The lowest BCUT2D eigenvalue weighted by atomic mass is 10.0. The molecule has 1 heterocycles. The third kappa shape index (κ3) is 4.92. The molecule has 2 aromatic rings. The van der Waals surface area contributed by atoms with E-state index in [2.05, 4.69) is 13.8 Å². The average molecular weight is 416 g/mol. The van der Waals surface area contributed by atoms with E-state index < -0.39 is 22.6 Å². The van der Waals surface area contributed by atoms with Gasteiger partial charge in [-0.05, 0) is 60.7 Å². The number of ether oxygens (including phenoxy) is 1. The number of ketones is 1. The van der Waals surface area contributed by atoms with Crippen LogP contribution in [0.5, 0.6) is 0 Å². The lowest BCUT2D eigenvalue weighted by Crippen LogP contribution is -2.27. The number of hydrogen-bond donors (Lipinski definition) is 0. The predicted octanol–water partition coefficient (Wildman–Crippen LogP) is 3.63. The van der Waals surface area contributed by atoms with Gasteiger partial charge >= 0.3 is 5.97 Å². The molecule has 29 heavy (non-hydrogen) atoms. The maximum absolute atomic E-state index is 12.5. The summed E-state index contributed by atoms with van der Waals surface area (Å²) in [4.78, 5) is 24.6. The first-order valence-corrected chi connectivity index (χ1v) is 11.1. The molecule has 1 aliphatic rings. The molecule has 0 bridgehead atoms. The van der Waals surface area contributed by atoms with Crippen molar-refractivity contribution in [3.63, 3.8) is 0 Å². The van der Waals surface area contributed by atoms with Crippen LogP contribution in [0.25, 0.3) is 0 Å². The fourth-order valence-corrected chi connectivity index (χ4v) is 4.71. The van der Waals surface area contributed by atoms with Crippen LogP contribution in [0.2, 0.25) is 0 Å². The van der Waals surface area contributed by atoms with E-state index in [1.54, 1.807) is 12.1 Å². The van der Waals surface area contributed by atoms with E-state index in [0.717, 1.165) is 18.4 Å². The van der Waals surface area contributed by atoms with Crippen molar-refractivity contribution in [1.82, 2.24) is 4.31 Å². The topological polar surface area (TPSA) is 80.8 Å². The predicted molar refractivity (Wildman–Crippen MR) is 110 cm³/mol. The molecule has 3 rings (SSSR count). The van der Waals surface area contributed by atoms with Crippen LogP contribution in [0.4, 0.5) is 0 Å². The van der Waals surface area contributed by atoms with Crippen molar-refractivity contribution in [2.75, 3.05) is 19.7 Å². The number of esters is 1. The van der Waals surface area contributed by atoms with Gasteiger partial charge < -0.3 is 4.74 Å². The second-order valence-electron chi connectivity index (χ2n) is 7.41. The van der Waals surface area contributed by atoms with Gasteiger partial charge in [0.1, 0.15) is 0 Å². The zero-order valence-electron chi connectivity index (χ0n) is 16.6. The fourth-order valence-electron chi connectivity index (χ4n) is 3.19. The third-order valence-corrected chi connectivity index (χ3v) is 6.94. The Labute approximate surface area is 171 Å². The molecule has 0 amide bonds. The summed E-state index contributed by atoms with van der Waals surface area (Å²) in [6.07, 6.45) is 1.72. The minimum Gasteiger partial charge on any atom is -0.454 e. The van der Waals surface area contributed by atoms with E-state index in [-0.39, 0.29) is 10.7 Å². The van der Waals surface area contributed by atoms with Crippen molar-refractivity contribution < 1.29 is 22.7 Å². The zero-order valence-corrected chi connectivity index (χ0v) is 17.4. The van der Waals surface area contributed by atoms with Crippen molar-refractivity contribution in [3.8, 4) is 0 Å². The van der Waals surface area contributed by atoms with Crippen molar-refractivity contribution in [2.24, 2.45) is 0 Å². The first-order valence-electron chi connectivity index (χ1n) is 9.69. The van der Waals surface area contributed by atoms with E-state index in [9.17, 15) is 18.0 Å². The molecule has 0 atom stereocenters. The summed E-state index contributed by atoms with van der Waals surface area (Å²) >= 11 is 0. The molecule has 154 valence electrons. The highest BCUT2D eigenvalue weighted by atomic mass is 32.2. The molecule has 0 aliphatic carbocycles. The normalized spacial score (nSPS) is 14.9. The van der Waals surface area contributed by atoms with Gasteiger partial charge in [0.05, 0.1) is 10.5 Å². The molecule has 1 fully saturated rings. The second-order valence-corrected chi connectivity index (χ2v) is 9.35. The minimum atomic E-state index is -3.52. The van der Waals surface area contributed by atoms with Crippen LogP contribution < -0.4 is 0 Å². The molecule has 0 unspecified atom stereocenters. The van der Waals surface area contributed by atoms with E-state index in [0.29, 0.717) is 30.1 Å². The van der Waals surface area contributed by atoms with Gasteiger partial charge in [0, 0.05) is 18.7 Å². The third-order valence-electron chi connectivity index (χ3n) is 5.03. The highest BCUT2D eigenvalue weighted by Gasteiger charge is 2.27. The second kappa shape index (κ2) is 8.88. The maximum atomic E-state index is 12.5. The van der Waals surface area contributed by atoms with Gasteiger partial charge in [0.15, 0.2) is 12.4 Å². The molecule has 1 aliphatic heterocycles. The summed E-state index contributed by atoms with van der Waals surface area (Å²) in [6.45, 7) is 4.78. The Bertz CT molecular complexity index is 973. The standard InChI is InChI=1S/C22H25NO5S/c1-16(2)17-5-7-19(8-6-17)22(25)28-15-21(24)18-9-11-20(12-10-18)29(26,27)23-13-3-4-14-23/h5-12,16H,3-4,13-15H2,1-2H3. The number of carbonyl (C=O) groups excluding carboxylic acids is 2. The van der Waals surface area contributed by atoms with Crippen LogP contribution in [0.15, 0.2) is 53.4 Å². The van der Waals surface area contributed by atoms with Gasteiger partial charge in [-0.1, -0.05) is 26.0 Å². The number of Topliss-reactive ketones (excluding diaryl/α,β-unsaturated/α-hetero) is 1. The van der Waals surface area contributed by atoms with Crippen molar-refractivity contribution in [1.29, 1.82) is 0 Å².